The first-order valence-electron chi connectivity index (χ1n) is 7.97. The van der Waals surface area contributed by atoms with Gasteiger partial charge in [-0.05, 0) is 37.6 Å². The van der Waals surface area contributed by atoms with Crippen molar-refractivity contribution in [3.63, 3.8) is 0 Å². The van der Waals surface area contributed by atoms with Gasteiger partial charge in [0, 0.05) is 6.54 Å². The number of aromatic nitrogens is 1. The van der Waals surface area contributed by atoms with Gasteiger partial charge in [-0.15, -0.1) is 0 Å². The molecule has 0 atom stereocenters. The average molecular weight is 313 g/mol. The quantitative estimate of drug-likeness (QED) is 0.724. The predicted molar refractivity (Wildman–Crippen MR) is 93.2 cm³/mol. The lowest BCUT2D eigenvalue weighted by atomic mass is 10.2. The van der Waals surface area contributed by atoms with Gasteiger partial charge in [-0.2, -0.15) is 0 Å². The molecular weight excluding hydrogens is 290 g/mol. The van der Waals surface area contributed by atoms with Crippen LogP contribution in [0.5, 0.6) is 5.75 Å². The van der Waals surface area contributed by atoms with Crippen LogP contribution in [0, 0.1) is 0 Å². The molecule has 0 unspecified atom stereocenters. The Bertz CT molecular complexity index is 626. The van der Waals surface area contributed by atoms with E-state index >= 15 is 0 Å². The molecular formula is C18H23N3O2. The first-order chi connectivity index (χ1) is 11.2. The SMILES string of the molecule is CCCCNc1ccc(C(=O)Nc2ccccc2OCC)nc1. The van der Waals surface area contributed by atoms with Gasteiger partial charge in [0.2, 0.25) is 0 Å². The first kappa shape index (κ1) is 16.8. The van der Waals surface area contributed by atoms with E-state index in [-0.39, 0.29) is 5.91 Å². The van der Waals surface area contributed by atoms with Crippen LogP contribution in [0.2, 0.25) is 0 Å². The summed E-state index contributed by atoms with van der Waals surface area (Å²) in [6.45, 7) is 5.51. The maximum atomic E-state index is 12.3. The molecule has 1 aromatic heterocycles. The highest BCUT2D eigenvalue weighted by atomic mass is 16.5. The van der Waals surface area contributed by atoms with Crippen LogP contribution in [0.3, 0.4) is 0 Å². The first-order valence-corrected chi connectivity index (χ1v) is 7.97. The van der Waals surface area contributed by atoms with E-state index in [0.717, 1.165) is 25.1 Å². The van der Waals surface area contributed by atoms with Crippen molar-refractivity contribution in [2.45, 2.75) is 26.7 Å². The number of hydrogen-bond donors (Lipinski definition) is 2. The molecule has 0 aliphatic rings. The van der Waals surface area contributed by atoms with Gasteiger partial charge in [-0.1, -0.05) is 25.5 Å². The fourth-order valence-electron chi connectivity index (χ4n) is 2.08. The lowest BCUT2D eigenvalue weighted by Crippen LogP contribution is -2.14. The Balaban J connectivity index is 2.00. The monoisotopic (exact) mass is 313 g/mol. The van der Waals surface area contributed by atoms with Crippen LogP contribution in [0.1, 0.15) is 37.2 Å². The minimum atomic E-state index is -0.253. The van der Waals surface area contributed by atoms with Crippen molar-refractivity contribution in [1.29, 1.82) is 0 Å². The molecule has 1 aromatic carbocycles. The van der Waals surface area contributed by atoms with Gasteiger partial charge in [-0.25, -0.2) is 4.98 Å². The summed E-state index contributed by atoms with van der Waals surface area (Å²) in [4.78, 5) is 16.5. The van der Waals surface area contributed by atoms with Crippen LogP contribution >= 0.6 is 0 Å². The van der Waals surface area contributed by atoms with E-state index in [1.54, 1.807) is 12.3 Å². The topological polar surface area (TPSA) is 63.2 Å². The largest absolute Gasteiger partial charge is 0.492 e. The summed E-state index contributed by atoms with van der Waals surface area (Å²) in [6.07, 6.45) is 3.93. The number of carbonyl (C=O) groups excluding carboxylic acids is 1. The summed E-state index contributed by atoms with van der Waals surface area (Å²) in [5.41, 5.74) is 1.94. The number of anilines is 2. The predicted octanol–water partition coefficient (Wildman–Crippen LogP) is 3.94. The zero-order valence-corrected chi connectivity index (χ0v) is 13.6. The number of pyridine rings is 1. The van der Waals surface area contributed by atoms with Crippen molar-refractivity contribution in [2.75, 3.05) is 23.8 Å². The number of ether oxygens (including phenoxy) is 1. The number of para-hydroxylation sites is 2. The zero-order valence-electron chi connectivity index (χ0n) is 13.6. The second-order valence-electron chi connectivity index (χ2n) is 5.10. The number of nitrogens with zero attached hydrogens (tertiary/aromatic N) is 1. The van der Waals surface area contributed by atoms with E-state index in [2.05, 4.69) is 22.5 Å². The molecule has 0 fully saturated rings. The van der Waals surface area contributed by atoms with Crippen LogP contribution < -0.4 is 15.4 Å². The molecule has 0 saturated heterocycles. The zero-order chi connectivity index (χ0) is 16.5. The molecule has 2 aromatic rings. The smallest absolute Gasteiger partial charge is 0.274 e. The van der Waals surface area contributed by atoms with Crippen molar-refractivity contribution >= 4 is 17.3 Å². The lowest BCUT2D eigenvalue weighted by Gasteiger charge is -2.11. The molecule has 122 valence electrons. The van der Waals surface area contributed by atoms with Crippen LogP contribution in [0.25, 0.3) is 0 Å². The lowest BCUT2D eigenvalue weighted by molar-refractivity contribution is 0.102. The third-order valence-corrected chi connectivity index (χ3v) is 3.29. The maximum Gasteiger partial charge on any atom is 0.274 e. The molecule has 0 radical (unpaired) electrons. The molecule has 5 nitrogen and oxygen atoms in total. The molecule has 0 aliphatic carbocycles. The van der Waals surface area contributed by atoms with Crippen molar-refractivity contribution < 1.29 is 9.53 Å². The van der Waals surface area contributed by atoms with Gasteiger partial charge >= 0.3 is 0 Å². The van der Waals surface area contributed by atoms with Crippen molar-refractivity contribution in [3.05, 3.63) is 48.3 Å². The van der Waals surface area contributed by atoms with E-state index in [4.69, 9.17) is 4.74 Å². The average Bonchev–Trinajstić information content (AvgIpc) is 2.58. The van der Waals surface area contributed by atoms with Crippen molar-refractivity contribution in [3.8, 4) is 5.75 Å². The van der Waals surface area contributed by atoms with Crippen LogP contribution in [-0.2, 0) is 0 Å². The fourth-order valence-corrected chi connectivity index (χ4v) is 2.08. The molecule has 0 spiro atoms. The molecule has 0 bridgehead atoms. The standard InChI is InChI=1S/C18H23N3O2/c1-3-5-12-19-14-10-11-16(20-13-14)18(22)21-15-8-6-7-9-17(15)23-4-2/h6-11,13,19H,3-5,12H2,1-2H3,(H,21,22). The van der Waals surface area contributed by atoms with Crippen molar-refractivity contribution in [1.82, 2.24) is 4.98 Å². The number of unbranched alkanes of at least 4 members (excludes halogenated alkanes) is 1. The molecule has 1 heterocycles. The Morgan fingerprint density at radius 3 is 2.70 bits per heavy atom. The van der Waals surface area contributed by atoms with Gasteiger partial charge < -0.3 is 15.4 Å². The summed E-state index contributed by atoms with van der Waals surface area (Å²) >= 11 is 0. The van der Waals surface area contributed by atoms with Crippen LogP contribution in [0.15, 0.2) is 42.6 Å². The minimum Gasteiger partial charge on any atom is -0.492 e. The number of hydrogen-bond acceptors (Lipinski definition) is 4. The molecule has 0 aliphatic heterocycles. The van der Waals surface area contributed by atoms with E-state index < -0.39 is 0 Å². The number of nitrogens with one attached hydrogen (secondary N) is 2. The maximum absolute atomic E-state index is 12.3. The second-order valence-corrected chi connectivity index (χ2v) is 5.10. The van der Waals surface area contributed by atoms with Crippen LogP contribution in [0.4, 0.5) is 11.4 Å². The fraction of sp³-hybridized carbons (Fsp3) is 0.333. The summed E-state index contributed by atoms with van der Waals surface area (Å²) < 4.78 is 5.50. The summed E-state index contributed by atoms with van der Waals surface area (Å²) in [6, 6.07) is 10.9. The Morgan fingerprint density at radius 2 is 2.00 bits per heavy atom. The molecule has 0 saturated carbocycles. The van der Waals surface area contributed by atoms with Gasteiger partial charge in [0.15, 0.2) is 0 Å². The normalized spacial score (nSPS) is 10.2. The Morgan fingerprint density at radius 1 is 1.17 bits per heavy atom. The minimum absolute atomic E-state index is 0.253. The second kappa shape index (κ2) is 8.78. The van der Waals surface area contributed by atoms with E-state index in [9.17, 15) is 4.79 Å². The third kappa shape index (κ3) is 4.98. The number of benzene rings is 1. The summed E-state index contributed by atoms with van der Waals surface area (Å²) in [5, 5.41) is 6.11. The number of amides is 1. The summed E-state index contributed by atoms with van der Waals surface area (Å²) in [5.74, 6) is 0.401. The summed E-state index contributed by atoms with van der Waals surface area (Å²) in [7, 11) is 0. The number of carbonyl (C=O) groups is 1. The van der Waals surface area contributed by atoms with Crippen LogP contribution in [-0.4, -0.2) is 24.0 Å². The van der Waals surface area contributed by atoms with Gasteiger partial charge in [0.25, 0.3) is 5.91 Å². The Kier molecular flexibility index (Phi) is 6.41. The highest BCUT2D eigenvalue weighted by Gasteiger charge is 2.10. The third-order valence-electron chi connectivity index (χ3n) is 3.29. The Labute approximate surface area is 137 Å². The highest BCUT2D eigenvalue weighted by Crippen LogP contribution is 2.24. The van der Waals surface area contributed by atoms with E-state index in [0.29, 0.717) is 23.7 Å². The molecule has 23 heavy (non-hydrogen) atoms. The van der Waals surface area contributed by atoms with Gasteiger partial charge in [0.05, 0.1) is 24.2 Å². The molecule has 2 rings (SSSR count). The van der Waals surface area contributed by atoms with Crippen molar-refractivity contribution in [2.24, 2.45) is 0 Å². The van der Waals surface area contributed by atoms with Gasteiger partial charge in [0.1, 0.15) is 11.4 Å². The molecule has 5 heteroatoms. The van der Waals surface area contributed by atoms with E-state index in [1.807, 2.05) is 37.3 Å². The highest BCUT2D eigenvalue weighted by molar-refractivity contribution is 6.03. The molecule has 2 N–H and O–H groups in total. The van der Waals surface area contributed by atoms with E-state index in [1.165, 1.54) is 0 Å². The van der Waals surface area contributed by atoms with Gasteiger partial charge in [-0.3, -0.25) is 4.79 Å². The molecule has 1 amide bonds. The number of rotatable bonds is 8. The Hall–Kier alpha value is -2.56.